The summed E-state index contributed by atoms with van der Waals surface area (Å²) in [7, 11) is 2.48. The number of unbranched alkanes of at least 4 members (excludes halogenated alkanes) is 19. The van der Waals surface area contributed by atoms with Crippen LogP contribution in [0.25, 0.3) is 0 Å². The van der Waals surface area contributed by atoms with Crippen LogP contribution in [0.15, 0.2) is 24.3 Å². The lowest BCUT2D eigenvalue weighted by molar-refractivity contribution is -0.906. The molecule has 0 radical (unpaired) electrons. The second-order valence-electron chi connectivity index (χ2n) is 12.8. The fourth-order valence-electron chi connectivity index (χ4n) is 5.41. The van der Waals surface area contributed by atoms with Gasteiger partial charge in [-0.15, -0.1) is 6.58 Å². The van der Waals surface area contributed by atoms with Gasteiger partial charge in [0.25, 0.3) is 0 Å². The number of rotatable bonds is 22. The number of hydrogen-bond acceptors (Lipinski definition) is 1. The summed E-state index contributed by atoms with van der Waals surface area (Å²) in [5, 5.41) is 0. The van der Waals surface area contributed by atoms with E-state index in [1.807, 2.05) is 34.6 Å². The van der Waals surface area contributed by atoms with Crippen LogP contribution in [0, 0.1) is 0 Å². The van der Waals surface area contributed by atoms with Crippen LogP contribution in [0.2, 0.25) is 0 Å². The molecular weight excluding hydrogens is 575 g/mol. The van der Waals surface area contributed by atoms with Crippen LogP contribution in [0.1, 0.15) is 230 Å². The zero-order valence-electron chi connectivity index (χ0n) is 35.3. The highest BCUT2D eigenvalue weighted by molar-refractivity contribution is 7.79. The van der Waals surface area contributed by atoms with Gasteiger partial charge in [-0.25, -0.2) is 0 Å². The third kappa shape index (κ3) is 59.2. The molecule has 1 atom stereocenters. The van der Waals surface area contributed by atoms with E-state index in [1.54, 1.807) is 17.9 Å². The van der Waals surface area contributed by atoms with Crippen LogP contribution < -0.4 is 0 Å². The predicted molar refractivity (Wildman–Crippen MR) is 227 cm³/mol. The van der Waals surface area contributed by atoms with E-state index in [0.29, 0.717) is 0 Å². The number of hydrogen-bond donors (Lipinski definition) is 1. The molecule has 0 aromatic carbocycles. The topological polar surface area (TPSA) is 0 Å². The molecule has 0 aromatic rings. The van der Waals surface area contributed by atoms with Gasteiger partial charge in [0.1, 0.15) is 6.54 Å². The van der Waals surface area contributed by atoms with Crippen molar-refractivity contribution < 1.29 is 4.48 Å². The van der Waals surface area contributed by atoms with Gasteiger partial charge in [-0.1, -0.05) is 210 Å². The van der Waals surface area contributed by atoms with Crippen molar-refractivity contribution in [1.82, 2.24) is 0 Å². The Balaban J connectivity index is -0.000000227. The molecule has 0 aromatic heterocycles. The van der Waals surface area contributed by atoms with Gasteiger partial charge in [-0.3, -0.25) is 0 Å². The van der Waals surface area contributed by atoms with Crippen molar-refractivity contribution >= 4 is 12.6 Å². The predicted octanol–water partition coefficient (Wildman–Crippen LogP) is 16.6. The SMILES string of the molecule is C=CC.CC.CC.CCC.CCC.CCCCCCCCCCCCCCCCCCCCCC[N+]1(C)CCC=C(CC)C1.CS. The number of thiol groups is 1. The van der Waals surface area contributed by atoms with Crippen LogP contribution >= 0.6 is 12.6 Å². The van der Waals surface area contributed by atoms with Gasteiger partial charge in [0, 0.05) is 6.42 Å². The molecule has 1 heterocycles. The van der Waals surface area contributed by atoms with Crippen molar-refractivity contribution in [2.75, 3.05) is 32.9 Å². The largest absolute Gasteiger partial charge is 0.322 e. The molecule has 0 amide bonds. The average molecular weight is 673 g/mol. The normalized spacial score (nSPS) is 14.3. The zero-order chi connectivity index (χ0) is 36.6. The van der Waals surface area contributed by atoms with Gasteiger partial charge in [-0.05, 0) is 38.0 Å². The van der Waals surface area contributed by atoms with E-state index in [1.165, 1.54) is 178 Å². The Morgan fingerprint density at radius 2 is 0.848 bits per heavy atom. The maximum Gasteiger partial charge on any atom is 0.100 e. The fourth-order valence-corrected chi connectivity index (χ4v) is 5.41. The Bertz CT molecular complexity index is 484. The van der Waals surface area contributed by atoms with E-state index in [2.05, 4.69) is 73.9 Å². The molecular formula is C44H98NS+. The van der Waals surface area contributed by atoms with E-state index in [9.17, 15) is 0 Å². The molecule has 1 aliphatic heterocycles. The van der Waals surface area contributed by atoms with Gasteiger partial charge < -0.3 is 4.48 Å². The summed E-state index contributed by atoms with van der Waals surface area (Å²) in [5.41, 5.74) is 1.70. The molecule has 1 nitrogen and oxygen atoms in total. The minimum atomic E-state index is 1.25. The van der Waals surface area contributed by atoms with E-state index in [-0.39, 0.29) is 0 Å². The molecule has 0 saturated carbocycles. The minimum absolute atomic E-state index is 1.25. The summed E-state index contributed by atoms with van der Waals surface area (Å²) in [6.45, 7) is 30.5. The monoisotopic (exact) mass is 673 g/mol. The molecule has 1 unspecified atom stereocenters. The third-order valence-corrected chi connectivity index (χ3v) is 7.69. The minimum Gasteiger partial charge on any atom is -0.322 e. The Morgan fingerprint density at radius 3 is 1.11 bits per heavy atom. The van der Waals surface area contributed by atoms with Crippen LogP contribution in [-0.2, 0) is 0 Å². The molecule has 0 saturated heterocycles. The first-order valence-electron chi connectivity index (χ1n) is 21.0. The molecule has 2 heteroatoms. The van der Waals surface area contributed by atoms with Crippen molar-refractivity contribution in [3.63, 3.8) is 0 Å². The summed E-state index contributed by atoms with van der Waals surface area (Å²) in [5.74, 6) is 0. The summed E-state index contributed by atoms with van der Waals surface area (Å²) in [6, 6.07) is 0. The number of nitrogens with zero attached hydrogens (tertiary/aromatic N) is 1. The van der Waals surface area contributed by atoms with Crippen molar-refractivity contribution in [3.8, 4) is 0 Å². The maximum atomic E-state index is 3.53. The van der Waals surface area contributed by atoms with Crippen molar-refractivity contribution in [1.29, 1.82) is 0 Å². The van der Waals surface area contributed by atoms with Crippen LogP contribution in [-0.4, -0.2) is 37.4 Å². The first kappa shape index (κ1) is 58.0. The van der Waals surface area contributed by atoms with Gasteiger partial charge in [0.2, 0.25) is 0 Å². The lowest BCUT2D eigenvalue weighted by Crippen LogP contribution is -2.48. The van der Waals surface area contributed by atoms with E-state index >= 15 is 0 Å². The molecule has 284 valence electrons. The van der Waals surface area contributed by atoms with Gasteiger partial charge in [0.15, 0.2) is 0 Å². The lowest BCUT2D eigenvalue weighted by Gasteiger charge is -2.38. The Labute approximate surface area is 303 Å². The van der Waals surface area contributed by atoms with Crippen LogP contribution in [0.5, 0.6) is 0 Å². The Kier molecular flexibility index (Phi) is 75.9. The summed E-state index contributed by atoms with van der Waals surface area (Å²) < 4.78 is 1.30. The standard InChI is InChI=1S/C30H60N.2C3H8.C3H6.2C2H6.CH4S/c1-4-6-7-8-9-10-11-12-13-14-15-16-17-18-19-20-21-22-23-24-27-31(3)28-25-26-30(5-2)29-31;3*1-3-2;3*1-2/h26H,4-25,27-29H2,1-3H3;2*3H2,1-2H3;3H,1H2,2H3;2*1-2H3;2H,1H3/q+1;;;;;;. The average Bonchev–Trinajstić information content (AvgIpc) is 3.07. The molecule has 1 rings (SSSR count). The smallest absolute Gasteiger partial charge is 0.100 e. The second kappa shape index (κ2) is 60.1. The van der Waals surface area contributed by atoms with Gasteiger partial charge in [0.05, 0.1) is 20.1 Å². The number of quaternary nitrogens is 1. The zero-order valence-corrected chi connectivity index (χ0v) is 36.2. The summed E-state index contributed by atoms with van der Waals surface area (Å²) in [4.78, 5) is 0. The Morgan fingerprint density at radius 1 is 0.587 bits per heavy atom. The summed E-state index contributed by atoms with van der Waals surface area (Å²) in [6.07, 6.45) is 40.4. The summed E-state index contributed by atoms with van der Waals surface area (Å²) >= 11 is 3.53. The first-order chi connectivity index (χ1) is 22.4. The molecule has 0 fully saturated rings. The number of allylic oxidation sites excluding steroid dienone is 1. The first-order valence-corrected chi connectivity index (χ1v) is 21.9. The quantitative estimate of drug-likeness (QED) is 0.0503. The van der Waals surface area contributed by atoms with E-state index in [0.717, 1.165) is 0 Å². The second-order valence-corrected chi connectivity index (χ2v) is 12.8. The molecule has 0 bridgehead atoms. The highest BCUT2D eigenvalue weighted by atomic mass is 32.1. The third-order valence-electron chi connectivity index (χ3n) is 7.69. The van der Waals surface area contributed by atoms with Crippen LogP contribution in [0.3, 0.4) is 0 Å². The molecule has 0 spiro atoms. The van der Waals surface area contributed by atoms with Crippen molar-refractivity contribution in [3.05, 3.63) is 24.3 Å². The molecule has 0 aliphatic carbocycles. The van der Waals surface area contributed by atoms with Gasteiger partial charge in [-0.2, -0.15) is 12.6 Å². The lowest BCUT2D eigenvalue weighted by atomic mass is 10.0. The maximum absolute atomic E-state index is 3.53. The van der Waals surface area contributed by atoms with E-state index in [4.69, 9.17) is 0 Å². The fraction of sp³-hybridized carbons (Fsp3) is 0.909. The van der Waals surface area contributed by atoms with Crippen molar-refractivity contribution in [2.24, 2.45) is 0 Å². The van der Waals surface area contributed by atoms with Gasteiger partial charge >= 0.3 is 0 Å². The van der Waals surface area contributed by atoms with E-state index < -0.39 is 0 Å². The number of likely N-dealkylation sites (N-methyl/N-ethyl adjacent to an activating group) is 1. The molecule has 1 aliphatic rings. The highest BCUT2D eigenvalue weighted by Crippen LogP contribution is 2.20. The van der Waals surface area contributed by atoms with Crippen molar-refractivity contribution in [2.45, 2.75) is 230 Å². The molecule has 0 N–H and O–H groups in total. The van der Waals surface area contributed by atoms with Crippen LogP contribution in [0.4, 0.5) is 0 Å². The Hall–Kier alpha value is -0.210. The molecule has 46 heavy (non-hydrogen) atoms. The highest BCUT2D eigenvalue weighted by Gasteiger charge is 2.24.